The third-order valence-corrected chi connectivity index (χ3v) is 3.76. The molecule has 1 amide bonds. The lowest BCUT2D eigenvalue weighted by Crippen LogP contribution is -2.14. The number of amides is 1. The first-order chi connectivity index (χ1) is 12.0. The highest BCUT2D eigenvalue weighted by atomic mass is 19.1. The Kier molecular flexibility index (Phi) is 4.75. The van der Waals surface area contributed by atoms with Gasteiger partial charge in [0.15, 0.2) is 0 Å². The van der Waals surface area contributed by atoms with Crippen molar-refractivity contribution < 1.29 is 9.18 Å². The molecule has 25 heavy (non-hydrogen) atoms. The van der Waals surface area contributed by atoms with Gasteiger partial charge in [0.25, 0.3) is 5.91 Å². The fourth-order valence-corrected chi connectivity index (χ4v) is 2.47. The number of anilines is 3. The second-order valence-corrected chi connectivity index (χ2v) is 5.83. The van der Waals surface area contributed by atoms with Crippen LogP contribution < -0.4 is 10.6 Å². The van der Waals surface area contributed by atoms with Crippen LogP contribution in [0.4, 0.5) is 21.5 Å². The molecule has 1 heterocycles. The fraction of sp³-hybridized carbons (Fsp3) is 0.100. The minimum Gasteiger partial charge on any atom is -0.355 e. The van der Waals surface area contributed by atoms with Gasteiger partial charge in [-0.25, -0.2) is 4.39 Å². The molecule has 3 rings (SSSR count). The summed E-state index contributed by atoms with van der Waals surface area (Å²) in [5.41, 5.74) is 4.62. The summed E-state index contributed by atoms with van der Waals surface area (Å²) in [7, 11) is 0. The van der Waals surface area contributed by atoms with Crippen LogP contribution in [0.5, 0.6) is 0 Å². The number of pyridine rings is 1. The topological polar surface area (TPSA) is 54.0 Å². The molecule has 1 aromatic heterocycles. The summed E-state index contributed by atoms with van der Waals surface area (Å²) in [6.07, 6.45) is 1.56. The molecule has 0 saturated carbocycles. The normalized spacial score (nSPS) is 10.4. The summed E-state index contributed by atoms with van der Waals surface area (Å²) < 4.78 is 13.0. The Labute approximate surface area is 145 Å². The number of halogens is 1. The summed E-state index contributed by atoms with van der Waals surface area (Å²) in [6.45, 7) is 3.95. The van der Waals surface area contributed by atoms with Crippen molar-refractivity contribution in [2.75, 3.05) is 10.6 Å². The molecule has 5 heteroatoms. The highest BCUT2D eigenvalue weighted by Gasteiger charge is 2.10. The molecule has 0 spiro atoms. The Morgan fingerprint density at radius 2 is 1.72 bits per heavy atom. The van der Waals surface area contributed by atoms with E-state index in [4.69, 9.17) is 0 Å². The van der Waals surface area contributed by atoms with Gasteiger partial charge in [-0.15, -0.1) is 0 Å². The molecule has 0 fully saturated rings. The van der Waals surface area contributed by atoms with Gasteiger partial charge in [0, 0.05) is 23.3 Å². The SMILES string of the molecule is Cc1ccc(NC(=O)c2cc(Nc3ccc(F)cc3)ccn2)c(C)c1. The number of hydrogen-bond donors (Lipinski definition) is 2. The van der Waals surface area contributed by atoms with E-state index in [0.717, 1.165) is 22.5 Å². The van der Waals surface area contributed by atoms with Gasteiger partial charge in [-0.3, -0.25) is 9.78 Å². The Hall–Kier alpha value is -3.21. The molecule has 3 aromatic rings. The number of aryl methyl sites for hydroxylation is 2. The monoisotopic (exact) mass is 335 g/mol. The van der Waals surface area contributed by atoms with Crippen LogP contribution >= 0.6 is 0 Å². The maximum atomic E-state index is 13.0. The molecule has 0 unspecified atom stereocenters. The molecule has 4 nitrogen and oxygen atoms in total. The van der Waals surface area contributed by atoms with E-state index in [9.17, 15) is 9.18 Å². The van der Waals surface area contributed by atoms with Gasteiger partial charge < -0.3 is 10.6 Å². The van der Waals surface area contributed by atoms with E-state index in [1.807, 2.05) is 32.0 Å². The predicted octanol–water partition coefficient (Wildman–Crippen LogP) is 4.83. The van der Waals surface area contributed by atoms with E-state index in [1.54, 1.807) is 30.5 Å². The zero-order valence-corrected chi connectivity index (χ0v) is 14.0. The summed E-state index contributed by atoms with van der Waals surface area (Å²) in [6, 6.07) is 15.2. The number of benzene rings is 2. The molecular weight excluding hydrogens is 317 g/mol. The van der Waals surface area contributed by atoms with Gasteiger partial charge in [0.2, 0.25) is 0 Å². The molecule has 0 aliphatic rings. The summed E-state index contributed by atoms with van der Waals surface area (Å²) in [5, 5.41) is 6.00. The van der Waals surface area contributed by atoms with Gasteiger partial charge >= 0.3 is 0 Å². The van der Waals surface area contributed by atoms with Gasteiger partial charge in [0.05, 0.1) is 0 Å². The zero-order valence-electron chi connectivity index (χ0n) is 14.0. The van der Waals surface area contributed by atoms with Crippen molar-refractivity contribution in [3.05, 3.63) is 83.4 Å². The van der Waals surface area contributed by atoms with Crippen LogP contribution in [0.2, 0.25) is 0 Å². The van der Waals surface area contributed by atoms with Crippen molar-refractivity contribution in [3.63, 3.8) is 0 Å². The van der Waals surface area contributed by atoms with Crippen LogP contribution in [0, 0.1) is 19.7 Å². The molecule has 0 saturated heterocycles. The third-order valence-electron chi connectivity index (χ3n) is 3.76. The van der Waals surface area contributed by atoms with Gasteiger partial charge in [0.1, 0.15) is 11.5 Å². The number of nitrogens with one attached hydrogen (secondary N) is 2. The van der Waals surface area contributed by atoms with E-state index in [2.05, 4.69) is 15.6 Å². The molecule has 0 aliphatic heterocycles. The molecular formula is C20H18FN3O. The molecule has 0 radical (unpaired) electrons. The van der Waals surface area contributed by atoms with Gasteiger partial charge in [-0.1, -0.05) is 17.7 Å². The van der Waals surface area contributed by atoms with Crippen molar-refractivity contribution in [2.45, 2.75) is 13.8 Å². The van der Waals surface area contributed by atoms with E-state index in [-0.39, 0.29) is 11.7 Å². The van der Waals surface area contributed by atoms with Crippen molar-refractivity contribution in [1.29, 1.82) is 0 Å². The predicted molar refractivity (Wildman–Crippen MR) is 97.8 cm³/mol. The van der Waals surface area contributed by atoms with Crippen LogP contribution in [0.15, 0.2) is 60.8 Å². The van der Waals surface area contributed by atoms with Crippen LogP contribution in [-0.2, 0) is 0 Å². The van der Waals surface area contributed by atoms with Crippen LogP contribution in [0.1, 0.15) is 21.6 Å². The average Bonchev–Trinajstić information content (AvgIpc) is 2.60. The summed E-state index contributed by atoms with van der Waals surface area (Å²) in [4.78, 5) is 16.6. The van der Waals surface area contributed by atoms with E-state index in [1.165, 1.54) is 12.1 Å². The maximum Gasteiger partial charge on any atom is 0.274 e. The molecule has 126 valence electrons. The van der Waals surface area contributed by atoms with Crippen molar-refractivity contribution in [1.82, 2.24) is 4.98 Å². The molecule has 0 atom stereocenters. The molecule has 2 N–H and O–H groups in total. The van der Waals surface area contributed by atoms with Crippen LogP contribution in [0.25, 0.3) is 0 Å². The highest BCUT2D eigenvalue weighted by Crippen LogP contribution is 2.19. The van der Waals surface area contributed by atoms with Crippen molar-refractivity contribution >= 4 is 23.0 Å². The van der Waals surface area contributed by atoms with Crippen LogP contribution in [0.3, 0.4) is 0 Å². The first kappa shape index (κ1) is 16.6. The van der Waals surface area contributed by atoms with E-state index >= 15 is 0 Å². The first-order valence-corrected chi connectivity index (χ1v) is 7.88. The highest BCUT2D eigenvalue weighted by molar-refractivity contribution is 6.03. The maximum absolute atomic E-state index is 13.0. The Morgan fingerprint density at radius 3 is 2.44 bits per heavy atom. The minimum atomic E-state index is -0.297. The number of hydrogen-bond acceptors (Lipinski definition) is 3. The molecule has 0 aliphatic carbocycles. The lowest BCUT2D eigenvalue weighted by molar-refractivity contribution is 0.102. The van der Waals surface area contributed by atoms with Crippen molar-refractivity contribution in [3.8, 4) is 0 Å². The lowest BCUT2D eigenvalue weighted by atomic mass is 10.1. The van der Waals surface area contributed by atoms with Gasteiger partial charge in [-0.2, -0.15) is 0 Å². The second-order valence-electron chi connectivity index (χ2n) is 5.83. The Bertz CT molecular complexity index is 907. The minimum absolute atomic E-state index is 0.283. The average molecular weight is 335 g/mol. The van der Waals surface area contributed by atoms with E-state index in [0.29, 0.717) is 11.4 Å². The van der Waals surface area contributed by atoms with E-state index < -0.39 is 0 Å². The smallest absolute Gasteiger partial charge is 0.274 e. The number of carbonyl (C=O) groups is 1. The summed E-state index contributed by atoms with van der Waals surface area (Å²) in [5.74, 6) is -0.580. The van der Waals surface area contributed by atoms with Crippen molar-refractivity contribution in [2.24, 2.45) is 0 Å². The largest absolute Gasteiger partial charge is 0.355 e. The fourth-order valence-electron chi connectivity index (χ4n) is 2.47. The first-order valence-electron chi connectivity index (χ1n) is 7.88. The number of carbonyl (C=O) groups excluding carboxylic acids is 1. The lowest BCUT2D eigenvalue weighted by Gasteiger charge is -2.10. The Morgan fingerprint density at radius 1 is 0.960 bits per heavy atom. The third kappa shape index (κ3) is 4.20. The van der Waals surface area contributed by atoms with Gasteiger partial charge in [-0.05, 0) is 61.9 Å². The number of nitrogens with zero attached hydrogens (tertiary/aromatic N) is 1. The number of rotatable bonds is 4. The quantitative estimate of drug-likeness (QED) is 0.718. The van der Waals surface area contributed by atoms with Crippen LogP contribution in [-0.4, -0.2) is 10.9 Å². The molecule has 2 aromatic carbocycles. The zero-order chi connectivity index (χ0) is 17.8. The Balaban J connectivity index is 1.76. The number of aromatic nitrogens is 1. The molecule has 0 bridgehead atoms. The second kappa shape index (κ2) is 7.13. The standard InChI is InChI=1S/C20H18FN3O/c1-13-3-8-18(14(2)11-13)24-20(25)19-12-17(9-10-22-19)23-16-6-4-15(21)5-7-16/h3-12H,1-2H3,(H,22,23)(H,24,25). The summed E-state index contributed by atoms with van der Waals surface area (Å²) >= 11 is 0.